The van der Waals surface area contributed by atoms with E-state index in [9.17, 15) is 0 Å². The average molecular weight is 829 g/mol. The molecule has 11 rings (SSSR count). The summed E-state index contributed by atoms with van der Waals surface area (Å²) in [7, 11) is 0. The largest absolute Gasteiger partial charge is 0.244 e. The fraction of sp³-hybridized carbons (Fsp3) is 0.263. The highest BCUT2D eigenvalue weighted by Gasteiger charge is 2.38. The van der Waals surface area contributed by atoms with Crippen molar-refractivity contribution in [2.24, 2.45) is 0 Å². The quantitative estimate of drug-likeness (QED) is 0.177. The molecule has 0 fully saturated rings. The summed E-state index contributed by atoms with van der Waals surface area (Å²) in [6, 6.07) is 43.7. The molecule has 0 bridgehead atoms. The summed E-state index contributed by atoms with van der Waals surface area (Å²) in [5, 5.41) is 2.67. The standard InChI is InChI=1S/C57H52N2S2/c1-31-26-34-29-47(55(5,6)7)61-52(34)53-40(31)30-46(60-53)39-24-25-43(54(2,3)4)51-50(39)58-48(32-20-22-37-35-16-12-14-18-41(35)56(8,9)44(37)27-32)49(59-51)33-21-23-38-36-17-13-15-19-42(36)57(10,11)45(38)28-33/h12-30H,1-11H3. The van der Waals surface area contributed by atoms with Gasteiger partial charge in [0, 0.05) is 37.3 Å². The molecule has 0 aliphatic heterocycles. The number of fused-ring (bicyclic) bond motifs is 10. The highest BCUT2D eigenvalue weighted by Crippen LogP contribution is 2.53. The lowest BCUT2D eigenvalue weighted by Gasteiger charge is -2.24. The van der Waals surface area contributed by atoms with E-state index in [1.807, 2.05) is 22.7 Å². The van der Waals surface area contributed by atoms with Crippen molar-refractivity contribution in [1.29, 1.82) is 0 Å². The van der Waals surface area contributed by atoms with Gasteiger partial charge in [0.05, 0.1) is 31.8 Å². The van der Waals surface area contributed by atoms with Crippen LogP contribution in [0, 0.1) is 6.92 Å². The second kappa shape index (κ2) is 12.8. The van der Waals surface area contributed by atoms with Crippen molar-refractivity contribution in [3.05, 3.63) is 154 Å². The van der Waals surface area contributed by atoms with Crippen molar-refractivity contribution >= 4 is 53.9 Å². The molecule has 4 heteroatoms. The lowest BCUT2D eigenvalue weighted by molar-refractivity contribution is 0.594. The predicted molar refractivity (Wildman–Crippen MR) is 264 cm³/mol. The Morgan fingerprint density at radius 3 is 1.56 bits per heavy atom. The van der Waals surface area contributed by atoms with Crippen LogP contribution in [0.25, 0.3) is 86.4 Å². The van der Waals surface area contributed by atoms with Gasteiger partial charge in [-0.3, -0.25) is 0 Å². The smallest absolute Gasteiger partial charge is 0.0984 e. The Labute approximate surface area is 368 Å². The Balaban J connectivity index is 1.20. The molecule has 61 heavy (non-hydrogen) atoms. The molecule has 0 saturated heterocycles. The highest BCUT2D eigenvalue weighted by atomic mass is 32.1. The number of aromatic nitrogens is 2. The minimum atomic E-state index is -0.154. The summed E-state index contributed by atoms with van der Waals surface area (Å²) in [6.45, 7) is 25.6. The zero-order valence-electron chi connectivity index (χ0n) is 37.2. The molecule has 0 spiro atoms. The SMILES string of the molecule is Cc1cc2cc(C(C)(C)C)sc2c2sc(-c3ccc(C(C)(C)C)c4nc(-c5ccc6c(c5)C(C)(C)c5ccccc5-6)c(-c5ccc6c(c5)C(C)(C)c5ccccc5-6)nc34)cc12. The van der Waals surface area contributed by atoms with E-state index in [4.69, 9.17) is 9.97 Å². The fourth-order valence-corrected chi connectivity index (χ4v) is 13.0. The van der Waals surface area contributed by atoms with Crippen molar-refractivity contribution in [2.45, 2.75) is 97.8 Å². The van der Waals surface area contributed by atoms with Crippen LogP contribution in [-0.4, -0.2) is 9.97 Å². The van der Waals surface area contributed by atoms with E-state index in [1.165, 1.54) is 85.6 Å². The molecule has 302 valence electrons. The summed E-state index contributed by atoms with van der Waals surface area (Å²) in [5.41, 5.74) is 20.0. The molecule has 2 aliphatic carbocycles. The van der Waals surface area contributed by atoms with E-state index in [0.717, 1.165) is 39.1 Å². The number of hydrogen-bond acceptors (Lipinski definition) is 4. The predicted octanol–water partition coefficient (Wildman–Crippen LogP) is 16.6. The van der Waals surface area contributed by atoms with Gasteiger partial charge in [0.25, 0.3) is 0 Å². The molecule has 0 unspecified atom stereocenters. The third-order valence-corrected chi connectivity index (χ3v) is 16.8. The number of hydrogen-bond donors (Lipinski definition) is 0. The monoisotopic (exact) mass is 828 g/mol. The highest BCUT2D eigenvalue weighted by molar-refractivity contribution is 7.29. The Morgan fingerprint density at radius 1 is 0.475 bits per heavy atom. The van der Waals surface area contributed by atoms with E-state index in [-0.39, 0.29) is 21.7 Å². The number of aryl methyl sites for hydroxylation is 1. The van der Waals surface area contributed by atoms with Gasteiger partial charge < -0.3 is 0 Å². The lowest BCUT2D eigenvalue weighted by Crippen LogP contribution is -2.15. The molecule has 3 heterocycles. The van der Waals surface area contributed by atoms with Crippen LogP contribution < -0.4 is 0 Å². The molecular weight excluding hydrogens is 777 g/mol. The van der Waals surface area contributed by atoms with Crippen LogP contribution in [0.3, 0.4) is 0 Å². The van der Waals surface area contributed by atoms with Gasteiger partial charge in [0.15, 0.2) is 0 Å². The van der Waals surface area contributed by atoms with Crippen molar-refractivity contribution in [2.75, 3.05) is 0 Å². The van der Waals surface area contributed by atoms with E-state index >= 15 is 0 Å². The van der Waals surface area contributed by atoms with Gasteiger partial charge in [0.1, 0.15) is 0 Å². The minimum absolute atomic E-state index is 0.0980. The third kappa shape index (κ3) is 5.64. The molecule has 0 atom stereocenters. The molecule has 0 amide bonds. The van der Waals surface area contributed by atoms with Gasteiger partial charge in [-0.15, -0.1) is 22.7 Å². The Hall–Kier alpha value is -5.42. The van der Waals surface area contributed by atoms with Crippen molar-refractivity contribution in [3.8, 4) is 55.2 Å². The summed E-state index contributed by atoms with van der Waals surface area (Å²) in [4.78, 5) is 14.4. The number of thiophene rings is 2. The van der Waals surface area contributed by atoms with Gasteiger partial charge >= 0.3 is 0 Å². The lowest BCUT2D eigenvalue weighted by atomic mass is 9.81. The van der Waals surface area contributed by atoms with Crippen molar-refractivity contribution in [3.63, 3.8) is 0 Å². The minimum Gasteiger partial charge on any atom is -0.244 e. The summed E-state index contributed by atoms with van der Waals surface area (Å²) in [6.07, 6.45) is 0. The van der Waals surface area contributed by atoms with Gasteiger partial charge in [-0.25, -0.2) is 9.97 Å². The zero-order chi connectivity index (χ0) is 42.5. The Kier molecular flexibility index (Phi) is 8.09. The molecule has 0 N–H and O–H groups in total. The van der Waals surface area contributed by atoms with Gasteiger partial charge in [-0.05, 0) is 114 Å². The van der Waals surface area contributed by atoms with E-state index < -0.39 is 0 Å². The van der Waals surface area contributed by atoms with Crippen LogP contribution in [0.5, 0.6) is 0 Å². The van der Waals surface area contributed by atoms with Gasteiger partial charge in [-0.2, -0.15) is 0 Å². The molecule has 6 aromatic carbocycles. The van der Waals surface area contributed by atoms with E-state index in [0.29, 0.717) is 0 Å². The van der Waals surface area contributed by atoms with Gasteiger partial charge in [0.2, 0.25) is 0 Å². The molecular formula is C57H52N2S2. The Bertz CT molecular complexity index is 3340. The number of nitrogens with zero attached hydrogens (tertiary/aromatic N) is 2. The van der Waals surface area contributed by atoms with Crippen LogP contribution in [0.2, 0.25) is 0 Å². The summed E-state index contributed by atoms with van der Waals surface area (Å²) < 4.78 is 2.75. The number of rotatable bonds is 3. The first-order valence-corrected chi connectivity index (χ1v) is 23.4. The average Bonchev–Trinajstić information content (AvgIpc) is 3.97. The van der Waals surface area contributed by atoms with Crippen LogP contribution >= 0.6 is 22.7 Å². The topological polar surface area (TPSA) is 25.8 Å². The second-order valence-electron chi connectivity index (χ2n) is 20.7. The maximum Gasteiger partial charge on any atom is 0.0984 e. The second-order valence-corrected chi connectivity index (χ2v) is 22.8. The normalized spacial score (nSPS) is 15.1. The summed E-state index contributed by atoms with van der Waals surface area (Å²) in [5.74, 6) is 0. The van der Waals surface area contributed by atoms with Crippen molar-refractivity contribution < 1.29 is 0 Å². The summed E-state index contributed by atoms with van der Waals surface area (Å²) >= 11 is 3.86. The van der Waals surface area contributed by atoms with E-state index in [2.05, 4.69) is 191 Å². The molecule has 2 nitrogen and oxygen atoms in total. The van der Waals surface area contributed by atoms with E-state index in [1.54, 1.807) is 0 Å². The third-order valence-electron chi connectivity index (χ3n) is 13.8. The number of benzene rings is 6. The molecule has 3 aromatic heterocycles. The molecule has 9 aromatic rings. The molecule has 0 saturated carbocycles. The first kappa shape index (κ1) is 38.5. The van der Waals surface area contributed by atoms with Crippen LogP contribution in [0.15, 0.2) is 115 Å². The molecule has 2 aliphatic rings. The Morgan fingerprint density at radius 2 is 1.00 bits per heavy atom. The van der Waals surface area contributed by atoms with Crippen LogP contribution in [0.4, 0.5) is 0 Å². The van der Waals surface area contributed by atoms with Crippen LogP contribution in [0.1, 0.15) is 107 Å². The fourth-order valence-electron chi connectivity index (χ4n) is 10.4. The maximum absolute atomic E-state index is 5.90. The zero-order valence-corrected chi connectivity index (χ0v) is 38.8. The van der Waals surface area contributed by atoms with Gasteiger partial charge in [-0.1, -0.05) is 154 Å². The van der Waals surface area contributed by atoms with Crippen molar-refractivity contribution in [1.82, 2.24) is 9.97 Å². The van der Waals surface area contributed by atoms with Crippen LogP contribution in [-0.2, 0) is 21.7 Å². The molecule has 0 radical (unpaired) electrons. The first-order valence-electron chi connectivity index (χ1n) is 21.7. The maximum atomic E-state index is 5.90. The first-order chi connectivity index (χ1) is 28.9.